The van der Waals surface area contributed by atoms with Gasteiger partial charge in [-0.3, -0.25) is 4.79 Å². The zero-order valence-corrected chi connectivity index (χ0v) is 19.3. The summed E-state index contributed by atoms with van der Waals surface area (Å²) in [4.78, 5) is 31.3. The van der Waals surface area contributed by atoms with E-state index < -0.39 is 24.0 Å². The second-order valence-electron chi connectivity index (χ2n) is 8.25. The van der Waals surface area contributed by atoms with Gasteiger partial charge in [-0.15, -0.1) is 0 Å². The number of para-hydroxylation sites is 2. The van der Waals surface area contributed by atoms with Gasteiger partial charge in [0, 0.05) is 30.8 Å². The van der Waals surface area contributed by atoms with Gasteiger partial charge in [-0.25, -0.2) is 9.78 Å². The lowest BCUT2D eigenvalue weighted by Gasteiger charge is -2.34. The molecule has 3 aromatic rings. The van der Waals surface area contributed by atoms with Crippen molar-refractivity contribution >= 4 is 34.5 Å². The highest BCUT2D eigenvalue weighted by Crippen LogP contribution is 2.39. The molecule has 4 rings (SSSR count). The number of aromatic nitrogens is 2. The van der Waals surface area contributed by atoms with Crippen LogP contribution >= 0.6 is 11.6 Å². The summed E-state index contributed by atoms with van der Waals surface area (Å²) in [6, 6.07) is 13.8. The highest BCUT2D eigenvalue weighted by Gasteiger charge is 2.38. The van der Waals surface area contributed by atoms with Crippen molar-refractivity contribution in [2.75, 3.05) is 13.7 Å². The number of amides is 1. The normalized spacial score (nSPS) is 15.5. The first kappa shape index (κ1) is 23.0. The number of rotatable bonds is 8. The molecule has 0 spiro atoms. The largest absolute Gasteiger partial charge is 0.466 e. The lowest BCUT2D eigenvalue weighted by molar-refractivity contribution is -0.136. The van der Waals surface area contributed by atoms with Crippen LogP contribution < -0.4 is 0 Å². The number of imidazole rings is 1. The average Bonchev–Trinajstić information content (AvgIpc) is 3.59. The molecule has 1 heterocycles. The van der Waals surface area contributed by atoms with Gasteiger partial charge in [0.05, 0.1) is 18.1 Å². The van der Waals surface area contributed by atoms with Crippen LogP contribution in [-0.2, 0) is 21.4 Å². The van der Waals surface area contributed by atoms with Gasteiger partial charge in [-0.1, -0.05) is 35.9 Å². The first-order valence-corrected chi connectivity index (χ1v) is 11.2. The van der Waals surface area contributed by atoms with Crippen LogP contribution in [0.3, 0.4) is 0 Å². The lowest BCUT2D eigenvalue weighted by atomic mass is 9.99. The van der Waals surface area contributed by atoms with E-state index >= 15 is 0 Å². The van der Waals surface area contributed by atoms with E-state index in [1.807, 2.05) is 35.9 Å². The number of aliphatic hydroxyl groups is 1. The zero-order valence-electron chi connectivity index (χ0n) is 18.5. The summed E-state index contributed by atoms with van der Waals surface area (Å²) < 4.78 is 6.52. The SMILES string of the molecule is COC(=O)C=CC(=O)N(CC1CC1)[C@H](c1nc2ccccc2n1C)[C@@H](O)c1cccc(Cl)c1. The molecule has 0 saturated heterocycles. The monoisotopic (exact) mass is 467 g/mol. The summed E-state index contributed by atoms with van der Waals surface area (Å²) in [5.74, 6) is -0.136. The van der Waals surface area contributed by atoms with Gasteiger partial charge in [-0.05, 0) is 48.6 Å². The van der Waals surface area contributed by atoms with Crippen LogP contribution in [0.5, 0.6) is 0 Å². The molecular formula is C25H26ClN3O4. The third-order valence-corrected chi connectivity index (χ3v) is 6.14. The molecule has 1 aliphatic rings. The second kappa shape index (κ2) is 9.77. The van der Waals surface area contributed by atoms with Gasteiger partial charge in [0.1, 0.15) is 18.0 Å². The number of hydrogen-bond donors (Lipinski definition) is 1. The minimum atomic E-state index is -1.09. The van der Waals surface area contributed by atoms with Crippen molar-refractivity contribution in [3.05, 3.63) is 77.1 Å². The number of nitrogens with zero attached hydrogens (tertiary/aromatic N) is 3. The molecule has 0 bridgehead atoms. The van der Waals surface area contributed by atoms with Gasteiger partial charge in [0.15, 0.2) is 0 Å². The van der Waals surface area contributed by atoms with Gasteiger partial charge in [0.25, 0.3) is 0 Å². The standard InChI is InChI=1S/C25H26ClN3O4/c1-28-20-9-4-3-8-19(20)27-25(28)23(24(32)17-6-5-7-18(26)14-17)29(15-16-10-11-16)21(30)12-13-22(31)33-2/h3-9,12-14,16,23-24,32H,10-11,15H2,1-2H3/t23-,24-/m0/s1. The fourth-order valence-corrected chi connectivity index (χ4v) is 4.17. The van der Waals surface area contributed by atoms with Gasteiger partial charge < -0.3 is 19.3 Å². The Bertz CT molecular complexity index is 1200. The van der Waals surface area contributed by atoms with Crippen LogP contribution in [0.4, 0.5) is 0 Å². The van der Waals surface area contributed by atoms with Crippen LogP contribution in [-0.4, -0.2) is 45.1 Å². The summed E-state index contributed by atoms with van der Waals surface area (Å²) in [5, 5.41) is 12.0. The molecule has 1 amide bonds. The topological polar surface area (TPSA) is 84.7 Å². The molecule has 172 valence electrons. The Hall–Kier alpha value is -3.16. The number of methoxy groups -OCH3 is 1. The van der Waals surface area contributed by atoms with Crippen molar-refractivity contribution < 1.29 is 19.4 Å². The van der Waals surface area contributed by atoms with E-state index in [1.54, 1.807) is 29.2 Å². The third kappa shape index (κ3) is 5.10. The van der Waals surface area contributed by atoms with Crippen molar-refractivity contribution in [3.63, 3.8) is 0 Å². The van der Waals surface area contributed by atoms with Crippen LogP contribution in [0.25, 0.3) is 11.0 Å². The highest BCUT2D eigenvalue weighted by molar-refractivity contribution is 6.30. The van der Waals surface area contributed by atoms with Gasteiger partial charge >= 0.3 is 5.97 Å². The van der Waals surface area contributed by atoms with Crippen molar-refractivity contribution in [2.24, 2.45) is 13.0 Å². The number of hydrogen-bond acceptors (Lipinski definition) is 5. The lowest BCUT2D eigenvalue weighted by Crippen LogP contribution is -2.40. The molecular weight excluding hydrogens is 442 g/mol. The molecule has 1 fully saturated rings. The third-order valence-electron chi connectivity index (χ3n) is 5.91. The maximum atomic E-state index is 13.3. The number of benzene rings is 2. The van der Waals surface area contributed by atoms with Crippen LogP contribution in [0.15, 0.2) is 60.7 Å². The van der Waals surface area contributed by atoms with Crippen molar-refractivity contribution in [3.8, 4) is 0 Å². The van der Waals surface area contributed by atoms with E-state index in [9.17, 15) is 14.7 Å². The Morgan fingerprint density at radius 3 is 2.67 bits per heavy atom. The van der Waals surface area contributed by atoms with E-state index in [0.717, 1.165) is 30.0 Å². The fourth-order valence-electron chi connectivity index (χ4n) is 3.97. The first-order chi connectivity index (χ1) is 15.9. The fraction of sp³-hybridized carbons (Fsp3) is 0.320. The van der Waals surface area contributed by atoms with Crippen molar-refractivity contribution in [1.29, 1.82) is 0 Å². The molecule has 7 nitrogen and oxygen atoms in total. The molecule has 1 aliphatic carbocycles. The Kier molecular flexibility index (Phi) is 6.81. The molecule has 0 unspecified atom stereocenters. The molecule has 8 heteroatoms. The van der Waals surface area contributed by atoms with E-state index in [2.05, 4.69) is 4.74 Å². The van der Waals surface area contributed by atoms with E-state index in [4.69, 9.17) is 16.6 Å². The van der Waals surface area contributed by atoms with E-state index in [-0.39, 0.29) is 0 Å². The van der Waals surface area contributed by atoms with Gasteiger partial charge in [-0.2, -0.15) is 0 Å². The number of aryl methyl sites for hydroxylation is 1. The number of carbonyl (C=O) groups is 2. The molecule has 1 N–H and O–H groups in total. The number of ether oxygens (including phenoxy) is 1. The minimum Gasteiger partial charge on any atom is -0.466 e. The predicted octanol–water partition coefficient (Wildman–Crippen LogP) is 3.97. The highest BCUT2D eigenvalue weighted by atomic mass is 35.5. The smallest absolute Gasteiger partial charge is 0.330 e. The van der Waals surface area contributed by atoms with E-state index in [1.165, 1.54) is 13.2 Å². The second-order valence-corrected chi connectivity index (χ2v) is 8.69. The molecule has 2 atom stereocenters. The summed E-state index contributed by atoms with van der Waals surface area (Å²) in [6.07, 6.45) is 3.21. The summed E-state index contributed by atoms with van der Waals surface area (Å²) in [6.45, 7) is 0.440. The molecule has 0 aliphatic heterocycles. The summed E-state index contributed by atoms with van der Waals surface area (Å²) in [5.41, 5.74) is 2.23. The Balaban J connectivity index is 1.83. The Morgan fingerprint density at radius 2 is 2.00 bits per heavy atom. The molecule has 0 radical (unpaired) electrons. The zero-order chi connectivity index (χ0) is 23.5. The maximum Gasteiger partial charge on any atom is 0.330 e. The number of esters is 1. The average molecular weight is 468 g/mol. The van der Waals surface area contributed by atoms with E-state index in [0.29, 0.717) is 28.9 Å². The number of carbonyl (C=O) groups excluding carboxylic acids is 2. The molecule has 2 aromatic carbocycles. The van der Waals surface area contributed by atoms with Crippen LogP contribution in [0, 0.1) is 5.92 Å². The maximum absolute atomic E-state index is 13.3. The predicted molar refractivity (Wildman–Crippen MR) is 125 cm³/mol. The van der Waals surface area contributed by atoms with Crippen molar-refractivity contribution in [1.82, 2.24) is 14.5 Å². The quantitative estimate of drug-likeness (QED) is 0.400. The first-order valence-electron chi connectivity index (χ1n) is 10.8. The summed E-state index contributed by atoms with van der Waals surface area (Å²) in [7, 11) is 3.12. The molecule has 1 aromatic heterocycles. The summed E-state index contributed by atoms with van der Waals surface area (Å²) >= 11 is 6.20. The number of fused-ring (bicyclic) bond motifs is 1. The number of halogens is 1. The number of aliphatic hydroxyl groups excluding tert-OH is 1. The minimum absolute atomic E-state index is 0.337. The van der Waals surface area contributed by atoms with Crippen molar-refractivity contribution in [2.45, 2.75) is 25.0 Å². The Labute approximate surface area is 197 Å². The molecule has 33 heavy (non-hydrogen) atoms. The van der Waals surface area contributed by atoms with Crippen LogP contribution in [0.1, 0.15) is 36.4 Å². The van der Waals surface area contributed by atoms with Crippen LogP contribution in [0.2, 0.25) is 5.02 Å². The molecule has 1 saturated carbocycles. The Morgan fingerprint density at radius 1 is 1.24 bits per heavy atom. The van der Waals surface area contributed by atoms with Gasteiger partial charge in [0.2, 0.25) is 5.91 Å².